The Balaban J connectivity index is 3.01. The molecule has 1 aromatic carbocycles. The predicted octanol–water partition coefficient (Wildman–Crippen LogP) is 6.27. The van der Waals surface area contributed by atoms with Crippen LogP contribution in [0.5, 0.6) is 11.5 Å². The summed E-state index contributed by atoms with van der Waals surface area (Å²) in [6, 6.07) is 3.23. The van der Waals surface area contributed by atoms with E-state index < -0.39 is 42.7 Å². The minimum absolute atomic E-state index is 0.0349. The molecule has 0 saturated heterocycles. The molecule has 12 heteroatoms. The van der Waals surface area contributed by atoms with Gasteiger partial charge in [-0.05, 0) is 70.6 Å². The molecule has 0 bridgehead atoms. The third-order valence-electron chi connectivity index (χ3n) is 6.29. The maximum atomic E-state index is 12.4. The number of carboxylic acids is 1. The fraction of sp³-hybridized carbons (Fsp3) is 0.667. The molecule has 5 atom stereocenters. The summed E-state index contributed by atoms with van der Waals surface area (Å²) in [4.78, 5) is 48.7. The Kier molecular flexibility index (Phi) is 16.3. The Labute approximate surface area is 248 Å². The van der Waals surface area contributed by atoms with Gasteiger partial charge in [0.05, 0.1) is 0 Å². The van der Waals surface area contributed by atoms with Crippen LogP contribution in [0.2, 0.25) is 0 Å². The standard InChI is InChI=1S/C30H47NO11/c1-9-11-19(5)37-29(35)41-25-14-13-23(16-26(25)42-30(36)38-20(6)12-10-2)15-24(27(32)33)31-17-21(7)39-28(34)40-22(8)18(3)4/h13-14,16,18-22,24,31H,9-12,15,17H2,1-8H3,(H,32,33)/t19?,20?,21?,22?,24-/m0/s1. The van der Waals surface area contributed by atoms with Gasteiger partial charge in [0, 0.05) is 6.54 Å². The molecule has 0 radical (unpaired) electrons. The summed E-state index contributed by atoms with van der Waals surface area (Å²) in [6.07, 6.45) is -1.74. The highest BCUT2D eigenvalue weighted by atomic mass is 16.8. The number of carbonyl (C=O) groups is 4. The maximum absolute atomic E-state index is 12.4. The number of carboxylic acid groups (broad SMARTS) is 1. The first-order valence-corrected chi connectivity index (χ1v) is 14.5. The molecule has 0 aliphatic heterocycles. The normalized spacial score (nSPS) is 14.6. The van der Waals surface area contributed by atoms with Crippen molar-refractivity contribution in [3.63, 3.8) is 0 Å². The summed E-state index contributed by atoms with van der Waals surface area (Å²) < 4.78 is 31.5. The fourth-order valence-electron chi connectivity index (χ4n) is 3.64. The summed E-state index contributed by atoms with van der Waals surface area (Å²) in [7, 11) is 0. The van der Waals surface area contributed by atoms with E-state index in [9.17, 15) is 24.3 Å². The quantitative estimate of drug-likeness (QED) is 0.118. The first kappa shape index (κ1) is 36.5. The van der Waals surface area contributed by atoms with Crippen molar-refractivity contribution < 1.29 is 52.7 Å². The Morgan fingerprint density at radius 2 is 1.26 bits per heavy atom. The zero-order valence-electron chi connectivity index (χ0n) is 26.0. The molecule has 0 aliphatic carbocycles. The van der Waals surface area contributed by atoms with Crippen LogP contribution in [0.25, 0.3) is 0 Å². The van der Waals surface area contributed by atoms with Crippen LogP contribution in [-0.2, 0) is 30.2 Å². The molecule has 0 aliphatic rings. The van der Waals surface area contributed by atoms with Crippen LogP contribution in [-0.4, -0.2) is 66.5 Å². The summed E-state index contributed by atoms with van der Waals surface area (Å²) in [6.45, 7) is 14.6. The van der Waals surface area contributed by atoms with Crippen LogP contribution < -0.4 is 14.8 Å². The number of ether oxygens (including phenoxy) is 6. The molecule has 0 aromatic heterocycles. The number of aliphatic carboxylic acids is 1. The van der Waals surface area contributed by atoms with Gasteiger partial charge in [-0.3, -0.25) is 4.79 Å². The van der Waals surface area contributed by atoms with Gasteiger partial charge in [-0.15, -0.1) is 0 Å². The fourth-order valence-corrected chi connectivity index (χ4v) is 3.64. The van der Waals surface area contributed by atoms with Gasteiger partial charge in [0.2, 0.25) is 0 Å². The lowest BCUT2D eigenvalue weighted by Crippen LogP contribution is -2.43. The van der Waals surface area contributed by atoms with Gasteiger partial charge in [-0.25, -0.2) is 14.4 Å². The number of hydrogen-bond acceptors (Lipinski definition) is 11. The van der Waals surface area contributed by atoms with Gasteiger partial charge in [-0.2, -0.15) is 0 Å². The zero-order chi connectivity index (χ0) is 31.8. The van der Waals surface area contributed by atoms with E-state index in [1.54, 1.807) is 27.7 Å². The van der Waals surface area contributed by atoms with Crippen LogP contribution in [0.1, 0.15) is 86.6 Å². The average Bonchev–Trinajstić information content (AvgIpc) is 2.87. The van der Waals surface area contributed by atoms with Crippen LogP contribution in [0, 0.1) is 5.92 Å². The molecule has 4 unspecified atom stereocenters. The van der Waals surface area contributed by atoms with Crippen LogP contribution in [0.4, 0.5) is 14.4 Å². The van der Waals surface area contributed by atoms with Crippen LogP contribution in [0.15, 0.2) is 18.2 Å². The molecule has 0 heterocycles. The van der Waals surface area contributed by atoms with Crippen molar-refractivity contribution in [1.82, 2.24) is 5.32 Å². The van der Waals surface area contributed by atoms with Gasteiger partial charge in [0.1, 0.15) is 30.5 Å². The summed E-state index contributed by atoms with van der Waals surface area (Å²) in [5.41, 5.74) is 0.457. The lowest BCUT2D eigenvalue weighted by molar-refractivity contribution is -0.139. The van der Waals surface area contributed by atoms with E-state index in [2.05, 4.69) is 5.32 Å². The Hall–Kier alpha value is -3.54. The Morgan fingerprint density at radius 3 is 1.76 bits per heavy atom. The summed E-state index contributed by atoms with van der Waals surface area (Å²) in [5.74, 6) is -1.26. The predicted molar refractivity (Wildman–Crippen MR) is 154 cm³/mol. The molecular formula is C30H47NO11. The summed E-state index contributed by atoms with van der Waals surface area (Å²) >= 11 is 0. The topological polar surface area (TPSA) is 156 Å². The molecule has 0 spiro atoms. The van der Waals surface area contributed by atoms with E-state index in [1.807, 2.05) is 27.7 Å². The average molecular weight is 598 g/mol. The van der Waals surface area contributed by atoms with Crippen LogP contribution >= 0.6 is 0 Å². The molecular weight excluding hydrogens is 550 g/mol. The molecule has 12 nitrogen and oxygen atoms in total. The van der Waals surface area contributed by atoms with Crippen molar-refractivity contribution in [3.8, 4) is 11.5 Å². The monoisotopic (exact) mass is 597 g/mol. The number of hydrogen-bond donors (Lipinski definition) is 2. The van der Waals surface area contributed by atoms with Gasteiger partial charge in [0.25, 0.3) is 0 Å². The molecule has 0 amide bonds. The van der Waals surface area contributed by atoms with Gasteiger partial charge < -0.3 is 38.8 Å². The highest BCUT2D eigenvalue weighted by molar-refractivity contribution is 5.74. The largest absolute Gasteiger partial charge is 0.514 e. The molecule has 42 heavy (non-hydrogen) atoms. The highest BCUT2D eigenvalue weighted by Gasteiger charge is 2.24. The molecule has 2 N–H and O–H groups in total. The van der Waals surface area contributed by atoms with E-state index >= 15 is 0 Å². The second-order valence-corrected chi connectivity index (χ2v) is 10.7. The van der Waals surface area contributed by atoms with E-state index in [1.165, 1.54) is 18.2 Å². The van der Waals surface area contributed by atoms with E-state index in [4.69, 9.17) is 28.4 Å². The van der Waals surface area contributed by atoms with Gasteiger partial charge in [0.15, 0.2) is 11.5 Å². The first-order chi connectivity index (χ1) is 19.7. The third-order valence-corrected chi connectivity index (χ3v) is 6.29. The third kappa shape index (κ3) is 14.4. The lowest BCUT2D eigenvalue weighted by Gasteiger charge is -2.21. The minimum Gasteiger partial charge on any atom is -0.480 e. The Bertz CT molecular complexity index is 1010. The SMILES string of the molecule is CCCC(C)OC(=O)Oc1ccc(C[C@H](NCC(C)OC(=O)OC(C)C(C)C)C(=O)O)cc1OC(=O)OC(C)CCC. The smallest absolute Gasteiger partial charge is 0.480 e. The number of carbonyl (C=O) groups excluding carboxylic acids is 3. The Morgan fingerprint density at radius 1 is 0.738 bits per heavy atom. The van der Waals surface area contributed by atoms with Crippen molar-refractivity contribution >= 4 is 24.4 Å². The van der Waals surface area contributed by atoms with Crippen LogP contribution in [0.3, 0.4) is 0 Å². The van der Waals surface area contributed by atoms with Gasteiger partial charge in [-0.1, -0.05) is 46.6 Å². The molecule has 238 valence electrons. The van der Waals surface area contributed by atoms with Crippen molar-refractivity contribution in [2.45, 2.75) is 118 Å². The van der Waals surface area contributed by atoms with Crippen molar-refractivity contribution in [2.75, 3.05) is 6.54 Å². The molecule has 0 saturated carbocycles. The van der Waals surface area contributed by atoms with E-state index in [0.29, 0.717) is 18.4 Å². The van der Waals surface area contributed by atoms with Gasteiger partial charge >= 0.3 is 24.4 Å². The second-order valence-electron chi connectivity index (χ2n) is 10.7. The van der Waals surface area contributed by atoms with Crippen molar-refractivity contribution in [3.05, 3.63) is 23.8 Å². The number of nitrogens with one attached hydrogen (secondary N) is 1. The first-order valence-electron chi connectivity index (χ1n) is 14.5. The molecule has 0 fully saturated rings. The summed E-state index contributed by atoms with van der Waals surface area (Å²) in [5, 5.41) is 12.6. The molecule has 1 aromatic rings. The van der Waals surface area contributed by atoms with Crippen molar-refractivity contribution in [2.24, 2.45) is 5.92 Å². The van der Waals surface area contributed by atoms with E-state index in [0.717, 1.165) is 12.8 Å². The molecule has 1 rings (SSSR count). The maximum Gasteiger partial charge on any atom is 0.514 e. The lowest BCUT2D eigenvalue weighted by atomic mass is 10.0. The van der Waals surface area contributed by atoms with E-state index in [-0.39, 0.29) is 42.6 Å². The highest BCUT2D eigenvalue weighted by Crippen LogP contribution is 2.30. The zero-order valence-corrected chi connectivity index (χ0v) is 26.0. The minimum atomic E-state index is -1.15. The second kappa shape index (κ2) is 18.8. The van der Waals surface area contributed by atoms with Crippen molar-refractivity contribution in [1.29, 1.82) is 0 Å². The number of rotatable bonds is 17. The number of benzene rings is 1.